The van der Waals surface area contributed by atoms with Gasteiger partial charge in [0.2, 0.25) is 0 Å². The quantitative estimate of drug-likeness (QED) is 0.912. The average molecular weight is 273 g/mol. The van der Waals surface area contributed by atoms with Gasteiger partial charge < -0.3 is 14.9 Å². The lowest BCUT2D eigenvalue weighted by molar-refractivity contribution is -0.0574. The Morgan fingerprint density at radius 1 is 1.30 bits per heavy atom. The summed E-state index contributed by atoms with van der Waals surface area (Å²) in [6.07, 6.45) is 4.43. The van der Waals surface area contributed by atoms with Crippen molar-refractivity contribution in [2.24, 2.45) is 5.73 Å². The fourth-order valence-electron chi connectivity index (χ4n) is 3.40. The number of nitrogens with two attached hydrogens (primary N) is 1. The minimum Gasteiger partial charge on any atom is -0.459 e. The number of hydrogen-bond acceptors (Lipinski definition) is 3. The molecule has 0 aliphatic heterocycles. The lowest BCUT2D eigenvalue weighted by Gasteiger charge is -2.33. The highest BCUT2D eigenvalue weighted by molar-refractivity contribution is 5.78. The molecule has 1 saturated carbocycles. The molecule has 3 rings (SSSR count). The summed E-state index contributed by atoms with van der Waals surface area (Å²) in [7, 11) is 0. The molecule has 1 fully saturated rings. The summed E-state index contributed by atoms with van der Waals surface area (Å²) < 4.78 is 12.0. The second-order valence-electron chi connectivity index (χ2n) is 5.87. The Morgan fingerprint density at radius 3 is 2.75 bits per heavy atom. The van der Waals surface area contributed by atoms with Crippen LogP contribution in [0.2, 0.25) is 0 Å². The Hall–Kier alpha value is -1.32. The van der Waals surface area contributed by atoms with Gasteiger partial charge in [0.1, 0.15) is 11.3 Å². The summed E-state index contributed by atoms with van der Waals surface area (Å²) in [4.78, 5) is 0. The molecular formula is C17H23NO2. The largest absolute Gasteiger partial charge is 0.459 e. The van der Waals surface area contributed by atoms with E-state index in [0.29, 0.717) is 6.61 Å². The van der Waals surface area contributed by atoms with E-state index in [9.17, 15) is 0 Å². The number of furan rings is 1. The van der Waals surface area contributed by atoms with Gasteiger partial charge in [-0.15, -0.1) is 0 Å². The Labute approximate surface area is 120 Å². The van der Waals surface area contributed by atoms with Gasteiger partial charge in [0.15, 0.2) is 0 Å². The van der Waals surface area contributed by atoms with Crippen molar-refractivity contribution in [1.82, 2.24) is 0 Å². The number of ether oxygens (including phenoxy) is 1. The van der Waals surface area contributed by atoms with Gasteiger partial charge in [-0.25, -0.2) is 0 Å². The second-order valence-corrected chi connectivity index (χ2v) is 5.87. The lowest BCUT2D eigenvalue weighted by Crippen LogP contribution is -2.41. The molecule has 0 spiro atoms. The van der Waals surface area contributed by atoms with Crippen molar-refractivity contribution in [2.45, 2.75) is 51.2 Å². The predicted molar refractivity (Wildman–Crippen MR) is 80.7 cm³/mol. The monoisotopic (exact) mass is 273 g/mol. The van der Waals surface area contributed by atoms with Crippen LogP contribution in [0.25, 0.3) is 11.0 Å². The van der Waals surface area contributed by atoms with Crippen LogP contribution in [0.5, 0.6) is 0 Å². The van der Waals surface area contributed by atoms with Gasteiger partial charge in [0, 0.05) is 12.0 Å². The molecule has 0 bridgehead atoms. The van der Waals surface area contributed by atoms with Gasteiger partial charge in [-0.05, 0) is 44.9 Å². The molecule has 0 amide bonds. The van der Waals surface area contributed by atoms with E-state index in [1.807, 2.05) is 13.0 Å². The van der Waals surface area contributed by atoms with Crippen molar-refractivity contribution in [1.29, 1.82) is 0 Å². The molecule has 1 heterocycles. The Balaban J connectivity index is 1.96. The highest BCUT2D eigenvalue weighted by Crippen LogP contribution is 2.42. The molecule has 1 aliphatic carbocycles. The predicted octanol–water partition coefficient (Wildman–Crippen LogP) is 4.09. The van der Waals surface area contributed by atoms with Crippen molar-refractivity contribution < 1.29 is 9.15 Å². The fraction of sp³-hybridized carbons (Fsp3) is 0.529. The molecule has 3 nitrogen and oxygen atoms in total. The maximum atomic E-state index is 6.50. The number of rotatable bonds is 4. The van der Waals surface area contributed by atoms with Crippen molar-refractivity contribution in [3.8, 4) is 0 Å². The molecule has 3 heteroatoms. The van der Waals surface area contributed by atoms with Crippen LogP contribution in [0.4, 0.5) is 0 Å². The summed E-state index contributed by atoms with van der Waals surface area (Å²) in [6, 6.07) is 8.11. The summed E-state index contributed by atoms with van der Waals surface area (Å²) in [6.45, 7) is 4.83. The molecule has 1 aliphatic rings. The zero-order chi connectivity index (χ0) is 14.2. The lowest BCUT2D eigenvalue weighted by atomic mass is 9.90. The van der Waals surface area contributed by atoms with E-state index in [1.165, 1.54) is 18.4 Å². The highest BCUT2D eigenvalue weighted by atomic mass is 16.5. The number of fused-ring (bicyclic) bond motifs is 1. The minimum atomic E-state index is -0.238. The van der Waals surface area contributed by atoms with E-state index >= 15 is 0 Å². The van der Waals surface area contributed by atoms with E-state index < -0.39 is 0 Å². The third-order valence-corrected chi connectivity index (χ3v) is 4.45. The zero-order valence-electron chi connectivity index (χ0n) is 12.3. The van der Waals surface area contributed by atoms with Crippen LogP contribution in [0.3, 0.4) is 0 Å². The van der Waals surface area contributed by atoms with Gasteiger partial charge in [-0.2, -0.15) is 0 Å². The van der Waals surface area contributed by atoms with Crippen LogP contribution in [0.15, 0.2) is 28.7 Å². The molecule has 0 radical (unpaired) electrons. The first-order valence-electron chi connectivity index (χ1n) is 7.54. The number of aryl methyl sites for hydroxylation is 1. The first-order chi connectivity index (χ1) is 9.64. The number of hydrogen-bond donors (Lipinski definition) is 1. The van der Waals surface area contributed by atoms with Crippen LogP contribution < -0.4 is 5.73 Å². The normalized spacial score (nSPS) is 19.6. The van der Waals surface area contributed by atoms with Crippen molar-refractivity contribution in [3.05, 3.63) is 35.6 Å². The zero-order valence-corrected chi connectivity index (χ0v) is 12.3. The van der Waals surface area contributed by atoms with E-state index in [-0.39, 0.29) is 11.6 Å². The molecule has 1 atom stereocenters. The van der Waals surface area contributed by atoms with Gasteiger partial charge in [-0.1, -0.05) is 24.5 Å². The maximum absolute atomic E-state index is 6.50. The van der Waals surface area contributed by atoms with E-state index in [4.69, 9.17) is 14.9 Å². The van der Waals surface area contributed by atoms with Gasteiger partial charge in [0.05, 0.1) is 11.6 Å². The SMILES string of the molecule is CCOC1(C(N)c2cc3cc(C)ccc3o2)CCCC1. The smallest absolute Gasteiger partial charge is 0.134 e. The van der Waals surface area contributed by atoms with Crippen LogP contribution in [-0.2, 0) is 4.74 Å². The van der Waals surface area contributed by atoms with Crippen LogP contribution >= 0.6 is 0 Å². The Bertz CT molecular complexity index is 596. The van der Waals surface area contributed by atoms with Crippen molar-refractivity contribution in [3.63, 3.8) is 0 Å². The topological polar surface area (TPSA) is 48.4 Å². The summed E-state index contributed by atoms with van der Waals surface area (Å²) in [5.41, 5.74) is 8.41. The third-order valence-electron chi connectivity index (χ3n) is 4.45. The summed E-state index contributed by atoms with van der Waals surface area (Å²) >= 11 is 0. The van der Waals surface area contributed by atoms with Gasteiger partial charge in [-0.3, -0.25) is 0 Å². The van der Waals surface area contributed by atoms with Crippen molar-refractivity contribution in [2.75, 3.05) is 6.61 Å². The molecule has 1 aromatic heterocycles. The number of benzene rings is 1. The molecule has 20 heavy (non-hydrogen) atoms. The standard InChI is InChI=1S/C17H23NO2/c1-3-19-17(8-4-5-9-17)16(18)15-11-13-10-12(2)6-7-14(13)20-15/h6-7,10-11,16H,3-5,8-9,18H2,1-2H3. The molecule has 2 aromatic rings. The van der Waals surface area contributed by atoms with Crippen molar-refractivity contribution >= 4 is 11.0 Å². The van der Waals surface area contributed by atoms with Crippen LogP contribution in [-0.4, -0.2) is 12.2 Å². The first-order valence-corrected chi connectivity index (χ1v) is 7.54. The molecular weight excluding hydrogens is 250 g/mol. The van der Waals surface area contributed by atoms with Gasteiger partial charge in [0.25, 0.3) is 0 Å². The molecule has 1 aromatic carbocycles. The first kappa shape index (κ1) is 13.7. The maximum Gasteiger partial charge on any atom is 0.134 e. The third kappa shape index (κ3) is 2.25. The molecule has 2 N–H and O–H groups in total. The van der Waals surface area contributed by atoms with Crippen LogP contribution in [0.1, 0.15) is 50.0 Å². The minimum absolute atomic E-state index is 0.183. The van der Waals surface area contributed by atoms with E-state index in [1.54, 1.807) is 0 Å². The highest BCUT2D eigenvalue weighted by Gasteiger charge is 2.42. The summed E-state index contributed by atoms with van der Waals surface area (Å²) in [5.74, 6) is 0.848. The van der Waals surface area contributed by atoms with Gasteiger partial charge >= 0.3 is 0 Å². The fourth-order valence-corrected chi connectivity index (χ4v) is 3.40. The average Bonchev–Trinajstić information content (AvgIpc) is 3.05. The molecule has 1 unspecified atom stereocenters. The Morgan fingerprint density at radius 2 is 2.05 bits per heavy atom. The molecule has 108 valence electrons. The van der Waals surface area contributed by atoms with E-state index in [2.05, 4.69) is 25.1 Å². The Kier molecular flexibility index (Phi) is 3.57. The molecule has 0 saturated heterocycles. The van der Waals surface area contributed by atoms with Crippen LogP contribution in [0, 0.1) is 6.92 Å². The summed E-state index contributed by atoms with van der Waals surface area (Å²) in [5, 5.41) is 1.13. The van der Waals surface area contributed by atoms with E-state index in [0.717, 1.165) is 29.6 Å². The second kappa shape index (κ2) is 5.23.